The van der Waals surface area contributed by atoms with Gasteiger partial charge in [-0.15, -0.1) is 0 Å². The molecular formula is C22H24F3N3O4. The highest BCUT2D eigenvalue weighted by Gasteiger charge is 2.30. The van der Waals surface area contributed by atoms with Crippen LogP contribution in [0.5, 0.6) is 11.5 Å². The van der Waals surface area contributed by atoms with Gasteiger partial charge in [0.05, 0.1) is 32.4 Å². The minimum atomic E-state index is -4.47. The summed E-state index contributed by atoms with van der Waals surface area (Å²) in [5.41, 5.74) is -0.192. The number of methoxy groups -OCH3 is 2. The van der Waals surface area contributed by atoms with Crippen molar-refractivity contribution in [3.05, 3.63) is 53.6 Å². The molecule has 0 aliphatic carbocycles. The van der Waals surface area contributed by atoms with Crippen molar-refractivity contribution in [2.45, 2.75) is 25.1 Å². The smallest absolute Gasteiger partial charge is 0.416 e. The lowest BCUT2D eigenvalue weighted by Gasteiger charge is -2.15. The lowest BCUT2D eigenvalue weighted by atomic mass is 10.1. The highest BCUT2D eigenvalue weighted by Crippen LogP contribution is 2.30. The molecule has 1 unspecified atom stereocenters. The fourth-order valence-corrected chi connectivity index (χ4v) is 3.13. The molecule has 0 bridgehead atoms. The van der Waals surface area contributed by atoms with Crippen molar-refractivity contribution >= 4 is 17.6 Å². The van der Waals surface area contributed by atoms with E-state index in [4.69, 9.17) is 14.2 Å². The Morgan fingerprint density at radius 2 is 1.84 bits per heavy atom. The van der Waals surface area contributed by atoms with Crippen LogP contribution in [0.25, 0.3) is 0 Å². The van der Waals surface area contributed by atoms with Gasteiger partial charge >= 0.3 is 6.18 Å². The number of halogens is 3. The molecule has 0 saturated carbocycles. The third-order valence-electron chi connectivity index (χ3n) is 4.83. The Labute approximate surface area is 183 Å². The molecule has 32 heavy (non-hydrogen) atoms. The second-order valence-corrected chi connectivity index (χ2v) is 7.05. The number of carbonyl (C=O) groups is 1. The number of hydrogen-bond acceptors (Lipinski definition) is 5. The fraction of sp³-hybridized carbons (Fsp3) is 0.364. The van der Waals surface area contributed by atoms with Gasteiger partial charge in [-0.1, -0.05) is 0 Å². The number of hydrogen-bond donors (Lipinski definition) is 2. The van der Waals surface area contributed by atoms with Crippen molar-refractivity contribution < 1.29 is 32.2 Å². The van der Waals surface area contributed by atoms with Gasteiger partial charge in [0.25, 0.3) is 5.91 Å². The van der Waals surface area contributed by atoms with E-state index in [-0.39, 0.29) is 17.6 Å². The monoisotopic (exact) mass is 451 g/mol. The molecule has 1 saturated heterocycles. The molecule has 3 rings (SSSR count). The second kappa shape index (κ2) is 10.4. The lowest BCUT2D eigenvalue weighted by Crippen LogP contribution is -2.36. The number of alkyl halides is 3. The molecule has 1 fully saturated rings. The van der Waals surface area contributed by atoms with Crippen LogP contribution in [0, 0.1) is 0 Å². The number of ether oxygens (including phenoxy) is 3. The number of amides is 1. The van der Waals surface area contributed by atoms with Crippen molar-refractivity contribution in [3.63, 3.8) is 0 Å². The summed E-state index contributed by atoms with van der Waals surface area (Å²) >= 11 is 0. The second-order valence-electron chi connectivity index (χ2n) is 7.05. The van der Waals surface area contributed by atoms with Gasteiger partial charge in [0, 0.05) is 23.9 Å². The molecular weight excluding hydrogens is 427 g/mol. The first kappa shape index (κ1) is 23.4. The molecule has 2 aromatic carbocycles. The number of carbonyl (C=O) groups excluding carboxylic acids is 1. The summed E-state index contributed by atoms with van der Waals surface area (Å²) < 4.78 is 54.4. The summed E-state index contributed by atoms with van der Waals surface area (Å²) in [6.07, 6.45) is -2.73. The SMILES string of the molecule is COc1ccc(NC(=NCC2CCCO2)NC(=O)c2ccc(C(F)(F)F)cc2)cc1OC. The van der Waals surface area contributed by atoms with Crippen LogP contribution in [0.15, 0.2) is 47.5 Å². The normalized spacial score (nSPS) is 16.5. The van der Waals surface area contributed by atoms with Crippen LogP contribution in [-0.4, -0.2) is 45.3 Å². The summed E-state index contributed by atoms with van der Waals surface area (Å²) in [6, 6.07) is 9.03. The maximum absolute atomic E-state index is 12.8. The molecule has 10 heteroatoms. The summed E-state index contributed by atoms with van der Waals surface area (Å²) in [6.45, 7) is 0.986. The number of rotatable bonds is 6. The molecule has 2 N–H and O–H groups in total. The third kappa shape index (κ3) is 6.13. The zero-order valence-corrected chi connectivity index (χ0v) is 17.7. The molecule has 172 valence electrons. The van der Waals surface area contributed by atoms with Gasteiger partial charge in [0.1, 0.15) is 0 Å². The van der Waals surface area contributed by atoms with Crippen LogP contribution in [0.2, 0.25) is 0 Å². The van der Waals surface area contributed by atoms with Gasteiger partial charge in [-0.25, -0.2) is 4.99 Å². The van der Waals surface area contributed by atoms with Gasteiger partial charge < -0.3 is 19.5 Å². The van der Waals surface area contributed by atoms with Gasteiger partial charge in [0.2, 0.25) is 5.96 Å². The van der Waals surface area contributed by atoms with Gasteiger partial charge in [-0.3, -0.25) is 10.1 Å². The summed E-state index contributed by atoms with van der Waals surface area (Å²) in [5.74, 6) is 0.546. The molecule has 1 heterocycles. The van der Waals surface area contributed by atoms with E-state index >= 15 is 0 Å². The minimum Gasteiger partial charge on any atom is -0.493 e. The summed E-state index contributed by atoms with van der Waals surface area (Å²) in [7, 11) is 3.02. The number of benzene rings is 2. The van der Waals surface area contributed by atoms with Crippen LogP contribution >= 0.6 is 0 Å². The molecule has 0 radical (unpaired) electrons. The van der Waals surface area contributed by atoms with E-state index < -0.39 is 17.6 Å². The van der Waals surface area contributed by atoms with Gasteiger partial charge in [-0.2, -0.15) is 13.2 Å². The Balaban J connectivity index is 1.78. The van der Waals surface area contributed by atoms with Crippen LogP contribution in [0.3, 0.4) is 0 Å². The van der Waals surface area contributed by atoms with E-state index in [1.165, 1.54) is 14.2 Å². The van der Waals surface area contributed by atoms with E-state index in [1.807, 2.05) is 0 Å². The Morgan fingerprint density at radius 3 is 2.44 bits per heavy atom. The van der Waals surface area contributed by atoms with Gasteiger partial charge in [-0.05, 0) is 49.2 Å². The van der Waals surface area contributed by atoms with E-state index in [0.29, 0.717) is 30.3 Å². The number of aliphatic imine (C=N–C) groups is 1. The van der Waals surface area contributed by atoms with Crippen LogP contribution in [0.4, 0.5) is 18.9 Å². The number of nitrogens with one attached hydrogen (secondary N) is 2. The van der Waals surface area contributed by atoms with Crippen molar-refractivity contribution in [3.8, 4) is 11.5 Å². The molecule has 1 atom stereocenters. The van der Waals surface area contributed by atoms with Crippen LogP contribution < -0.4 is 20.1 Å². The number of guanidine groups is 1. The average Bonchev–Trinajstić information content (AvgIpc) is 3.30. The van der Waals surface area contributed by atoms with E-state index in [0.717, 1.165) is 37.1 Å². The largest absolute Gasteiger partial charge is 0.493 e. The minimum absolute atomic E-state index is 0.0554. The van der Waals surface area contributed by atoms with Crippen LogP contribution in [-0.2, 0) is 10.9 Å². The first-order valence-electron chi connectivity index (χ1n) is 9.94. The van der Waals surface area contributed by atoms with E-state index in [2.05, 4.69) is 15.6 Å². The first-order chi connectivity index (χ1) is 15.3. The molecule has 1 amide bonds. The number of anilines is 1. The summed E-state index contributed by atoms with van der Waals surface area (Å²) in [5, 5.41) is 5.63. The molecule has 1 aliphatic rings. The lowest BCUT2D eigenvalue weighted by molar-refractivity contribution is -0.137. The highest BCUT2D eigenvalue weighted by atomic mass is 19.4. The zero-order chi connectivity index (χ0) is 23.1. The molecule has 1 aliphatic heterocycles. The van der Waals surface area contributed by atoms with Gasteiger partial charge in [0.15, 0.2) is 11.5 Å². The molecule has 2 aromatic rings. The standard InChI is InChI=1S/C22H24F3N3O4/c1-30-18-10-9-16(12-19(18)31-2)27-21(26-13-17-4-3-11-32-17)28-20(29)14-5-7-15(8-6-14)22(23,24)25/h5-10,12,17H,3-4,11,13H2,1-2H3,(H2,26,27,28,29). The quantitative estimate of drug-likeness (QED) is 0.511. The Bertz CT molecular complexity index is 956. The molecule has 0 aromatic heterocycles. The van der Waals surface area contributed by atoms with E-state index in [1.54, 1.807) is 18.2 Å². The highest BCUT2D eigenvalue weighted by molar-refractivity contribution is 6.10. The topological polar surface area (TPSA) is 81.2 Å². The molecule has 7 nitrogen and oxygen atoms in total. The third-order valence-corrected chi connectivity index (χ3v) is 4.83. The van der Waals surface area contributed by atoms with E-state index in [9.17, 15) is 18.0 Å². The zero-order valence-electron chi connectivity index (χ0n) is 17.7. The number of nitrogens with zero attached hydrogens (tertiary/aromatic N) is 1. The van der Waals surface area contributed by atoms with Crippen molar-refractivity contribution in [2.75, 3.05) is 32.7 Å². The summed E-state index contributed by atoms with van der Waals surface area (Å²) in [4.78, 5) is 17.1. The maximum atomic E-state index is 12.8. The maximum Gasteiger partial charge on any atom is 0.416 e. The molecule has 0 spiro atoms. The predicted molar refractivity (Wildman–Crippen MR) is 113 cm³/mol. The Morgan fingerprint density at radius 1 is 1.12 bits per heavy atom. The van der Waals surface area contributed by atoms with Crippen molar-refractivity contribution in [1.29, 1.82) is 0 Å². The Kier molecular flexibility index (Phi) is 7.57. The predicted octanol–water partition coefficient (Wildman–Crippen LogP) is 4.10. The average molecular weight is 451 g/mol. The Hall–Kier alpha value is -3.27. The van der Waals surface area contributed by atoms with Crippen LogP contribution in [0.1, 0.15) is 28.8 Å². The van der Waals surface area contributed by atoms with Crippen molar-refractivity contribution in [1.82, 2.24) is 5.32 Å². The fourth-order valence-electron chi connectivity index (χ4n) is 3.13. The van der Waals surface area contributed by atoms with Crippen molar-refractivity contribution in [2.24, 2.45) is 4.99 Å². The first-order valence-corrected chi connectivity index (χ1v) is 9.94.